The number of nitrogens with zero attached hydrogens (tertiary/aromatic N) is 2. The third kappa shape index (κ3) is 3.20. The molecular weight excluding hydrogens is 316 g/mol. The van der Waals surface area contributed by atoms with E-state index in [-0.39, 0.29) is 23.9 Å². The summed E-state index contributed by atoms with van der Waals surface area (Å²) >= 11 is 0. The van der Waals surface area contributed by atoms with Crippen molar-refractivity contribution in [2.75, 3.05) is 36.0 Å². The Morgan fingerprint density at radius 1 is 1.00 bits per heavy atom. The zero-order valence-corrected chi connectivity index (χ0v) is 13.9. The van der Waals surface area contributed by atoms with E-state index in [1.165, 1.54) is 5.69 Å². The zero-order valence-electron chi connectivity index (χ0n) is 13.9. The van der Waals surface area contributed by atoms with Gasteiger partial charge in [0.1, 0.15) is 5.75 Å². The second-order valence-electron chi connectivity index (χ2n) is 6.52. The van der Waals surface area contributed by atoms with Gasteiger partial charge in [-0.25, -0.2) is 4.79 Å². The molecule has 6 heteroatoms. The van der Waals surface area contributed by atoms with Crippen LogP contribution in [0.25, 0.3) is 0 Å². The van der Waals surface area contributed by atoms with Crippen LogP contribution in [-0.2, 0) is 0 Å². The summed E-state index contributed by atoms with van der Waals surface area (Å²) in [5.41, 5.74) is 2.18. The monoisotopic (exact) mass is 338 g/mol. The highest BCUT2D eigenvalue weighted by Crippen LogP contribution is 2.28. The average Bonchev–Trinajstić information content (AvgIpc) is 3.08. The van der Waals surface area contributed by atoms with Crippen LogP contribution in [0.4, 0.5) is 16.2 Å². The minimum Gasteiger partial charge on any atom is -0.508 e. The zero-order chi connectivity index (χ0) is 17.2. The molecule has 2 atom stereocenters. The highest BCUT2D eigenvalue weighted by atomic mass is 16.3. The van der Waals surface area contributed by atoms with Crippen LogP contribution in [0.3, 0.4) is 0 Å². The van der Waals surface area contributed by atoms with Crippen molar-refractivity contribution in [3.05, 3.63) is 54.6 Å². The first-order chi connectivity index (χ1) is 12.2. The first-order valence-corrected chi connectivity index (χ1v) is 8.61. The summed E-state index contributed by atoms with van der Waals surface area (Å²) in [6.45, 7) is 3.15. The number of phenolic OH excluding ortho intramolecular Hbond substituents is 1. The number of rotatable bonds is 3. The Morgan fingerprint density at radius 3 is 2.52 bits per heavy atom. The van der Waals surface area contributed by atoms with Crippen molar-refractivity contribution in [2.45, 2.75) is 12.1 Å². The van der Waals surface area contributed by atoms with Crippen LogP contribution >= 0.6 is 0 Å². The minimum atomic E-state index is -0.113. The molecule has 0 aromatic heterocycles. The molecule has 2 aliphatic heterocycles. The molecule has 2 saturated heterocycles. The smallest absolute Gasteiger partial charge is 0.315 e. The predicted molar refractivity (Wildman–Crippen MR) is 98.2 cm³/mol. The van der Waals surface area contributed by atoms with Gasteiger partial charge in [0.15, 0.2) is 0 Å². The quantitative estimate of drug-likeness (QED) is 0.798. The van der Waals surface area contributed by atoms with Gasteiger partial charge in [-0.3, -0.25) is 0 Å². The van der Waals surface area contributed by atoms with E-state index in [1.807, 2.05) is 30.3 Å². The van der Waals surface area contributed by atoms with Gasteiger partial charge >= 0.3 is 6.03 Å². The molecule has 0 spiro atoms. The molecule has 6 nitrogen and oxygen atoms in total. The molecule has 0 radical (unpaired) electrons. The summed E-state index contributed by atoms with van der Waals surface area (Å²) in [5, 5.41) is 15.7. The van der Waals surface area contributed by atoms with Crippen LogP contribution in [0.1, 0.15) is 0 Å². The fourth-order valence-electron chi connectivity index (χ4n) is 3.73. The summed E-state index contributed by atoms with van der Waals surface area (Å²) < 4.78 is 0. The summed E-state index contributed by atoms with van der Waals surface area (Å²) in [7, 11) is 0. The molecule has 4 rings (SSSR count). The molecule has 25 heavy (non-hydrogen) atoms. The van der Waals surface area contributed by atoms with E-state index in [0.717, 1.165) is 25.3 Å². The van der Waals surface area contributed by atoms with Crippen molar-refractivity contribution in [3.63, 3.8) is 0 Å². The summed E-state index contributed by atoms with van der Waals surface area (Å²) in [6, 6.07) is 17.7. The maximum absolute atomic E-state index is 11.7. The Morgan fingerprint density at radius 2 is 1.80 bits per heavy atom. The van der Waals surface area contributed by atoms with E-state index >= 15 is 0 Å². The Kier molecular flexibility index (Phi) is 4.09. The third-order valence-corrected chi connectivity index (χ3v) is 4.96. The summed E-state index contributed by atoms with van der Waals surface area (Å²) in [5.74, 6) is 0.260. The second-order valence-corrected chi connectivity index (χ2v) is 6.52. The molecule has 2 amide bonds. The third-order valence-electron chi connectivity index (χ3n) is 4.96. The lowest BCUT2D eigenvalue weighted by Gasteiger charge is -2.45. The van der Waals surface area contributed by atoms with Crippen molar-refractivity contribution in [1.82, 2.24) is 10.6 Å². The standard InChI is InChI=1S/C19H22N4O2/c24-16-8-4-7-15(11-16)23-10-9-22(14-5-2-1-3-6-14)13-18(23)17-12-20-19(25)21-17/h1-8,11,17-18,24H,9-10,12-13H2,(H2,20,21,25). The molecule has 2 aliphatic rings. The maximum Gasteiger partial charge on any atom is 0.315 e. The lowest BCUT2D eigenvalue weighted by Crippen LogP contribution is -2.61. The number of hydrogen-bond donors (Lipinski definition) is 3. The van der Waals surface area contributed by atoms with Gasteiger partial charge in [-0.05, 0) is 24.3 Å². The fraction of sp³-hybridized carbons (Fsp3) is 0.316. The molecular formula is C19H22N4O2. The number of carbonyl (C=O) groups is 1. The number of aromatic hydroxyl groups is 1. The number of piperazine rings is 1. The second kappa shape index (κ2) is 6.55. The molecule has 130 valence electrons. The van der Waals surface area contributed by atoms with E-state index in [9.17, 15) is 9.90 Å². The molecule has 2 heterocycles. The molecule has 3 N–H and O–H groups in total. The van der Waals surface area contributed by atoms with Gasteiger partial charge in [0.05, 0.1) is 12.1 Å². The van der Waals surface area contributed by atoms with Gasteiger partial charge in [0, 0.05) is 43.6 Å². The number of anilines is 2. The number of phenols is 1. The number of carbonyl (C=O) groups excluding carboxylic acids is 1. The van der Waals surface area contributed by atoms with Crippen LogP contribution in [-0.4, -0.2) is 49.4 Å². The normalized spacial score (nSPS) is 23.3. The van der Waals surface area contributed by atoms with Crippen LogP contribution in [0.15, 0.2) is 54.6 Å². The number of benzene rings is 2. The number of para-hydroxylation sites is 1. The van der Waals surface area contributed by atoms with Gasteiger partial charge in [-0.1, -0.05) is 24.3 Å². The Balaban J connectivity index is 1.62. The summed E-state index contributed by atoms with van der Waals surface area (Å²) in [4.78, 5) is 16.3. The fourth-order valence-corrected chi connectivity index (χ4v) is 3.73. The summed E-state index contributed by atoms with van der Waals surface area (Å²) in [6.07, 6.45) is 0. The van der Waals surface area contributed by atoms with Gasteiger partial charge < -0.3 is 25.5 Å². The molecule has 0 saturated carbocycles. The molecule has 0 aliphatic carbocycles. The van der Waals surface area contributed by atoms with Crippen LogP contribution in [0.5, 0.6) is 5.75 Å². The van der Waals surface area contributed by atoms with Crippen LogP contribution in [0, 0.1) is 0 Å². The minimum absolute atomic E-state index is 0.0290. The highest BCUT2D eigenvalue weighted by molar-refractivity contribution is 5.77. The van der Waals surface area contributed by atoms with Gasteiger partial charge in [-0.15, -0.1) is 0 Å². The predicted octanol–water partition coefficient (Wildman–Crippen LogP) is 1.77. The number of amides is 2. The van der Waals surface area contributed by atoms with E-state index in [2.05, 4.69) is 32.6 Å². The molecule has 2 aromatic carbocycles. The van der Waals surface area contributed by atoms with Crippen LogP contribution < -0.4 is 20.4 Å². The lowest BCUT2D eigenvalue weighted by molar-refractivity contribution is 0.246. The number of nitrogens with one attached hydrogen (secondary N) is 2. The first kappa shape index (κ1) is 15.6. The van der Waals surface area contributed by atoms with Crippen molar-refractivity contribution >= 4 is 17.4 Å². The first-order valence-electron chi connectivity index (χ1n) is 8.61. The average molecular weight is 338 g/mol. The highest BCUT2D eigenvalue weighted by Gasteiger charge is 2.37. The largest absolute Gasteiger partial charge is 0.508 e. The van der Waals surface area contributed by atoms with E-state index < -0.39 is 0 Å². The Bertz CT molecular complexity index is 752. The SMILES string of the molecule is O=C1NCC(C2CN(c3ccccc3)CCN2c2cccc(O)c2)N1. The molecule has 2 aromatic rings. The molecule has 2 fully saturated rings. The van der Waals surface area contributed by atoms with Gasteiger partial charge in [0.2, 0.25) is 0 Å². The maximum atomic E-state index is 11.7. The number of hydrogen-bond acceptors (Lipinski definition) is 4. The van der Waals surface area contributed by atoms with Crippen molar-refractivity contribution in [2.24, 2.45) is 0 Å². The van der Waals surface area contributed by atoms with Crippen molar-refractivity contribution < 1.29 is 9.90 Å². The van der Waals surface area contributed by atoms with Gasteiger partial charge in [-0.2, -0.15) is 0 Å². The van der Waals surface area contributed by atoms with E-state index in [1.54, 1.807) is 12.1 Å². The van der Waals surface area contributed by atoms with E-state index in [0.29, 0.717) is 6.54 Å². The van der Waals surface area contributed by atoms with Crippen molar-refractivity contribution in [3.8, 4) is 5.75 Å². The number of urea groups is 1. The van der Waals surface area contributed by atoms with E-state index in [4.69, 9.17) is 0 Å². The van der Waals surface area contributed by atoms with Gasteiger partial charge in [0.25, 0.3) is 0 Å². The Labute approximate surface area is 147 Å². The topological polar surface area (TPSA) is 67.8 Å². The molecule has 2 unspecified atom stereocenters. The molecule has 0 bridgehead atoms. The lowest BCUT2D eigenvalue weighted by atomic mass is 10.0. The van der Waals surface area contributed by atoms with Crippen LogP contribution in [0.2, 0.25) is 0 Å². The van der Waals surface area contributed by atoms with Crippen molar-refractivity contribution in [1.29, 1.82) is 0 Å². The Hall–Kier alpha value is -2.89.